The summed E-state index contributed by atoms with van der Waals surface area (Å²) in [6, 6.07) is 21.5. The van der Waals surface area contributed by atoms with E-state index in [1.54, 1.807) is 0 Å². The van der Waals surface area contributed by atoms with Crippen LogP contribution in [-0.2, 0) is 17.8 Å². The van der Waals surface area contributed by atoms with Gasteiger partial charge in [0.1, 0.15) is 5.82 Å². The molecule has 0 aliphatic heterocycles. The lowest BCUT2D eigenvalue weighted by Crippen LogP contribution is -2.20. The molecule has 182 valence electrons. The predicted octanol–water partition coefficient (Wildman–Crippen LogP) is 5.01. The minimum absolute atomic E-state index is 0.0899. The highest BCUT2D eigenvalue weighted by atomic mass is 16.5. The molecule has 0 aliphatic rings. The first kappa shape index (κ1) is 24.3. The second-order valence-electron chi connectivity index (χ2n) is 8.40. The molecule has 0 fully saturated rings. The summed E-state index contributed by atoms with van der Waals surface area (Å²) in [6.45, 7) is 5.95. The molecule has 7 nitrogen and oxygen atoms in total. The number of hydrogen-bond donors (Lipinski definition) is 3. The van der Waals surface area contributed by atoms with Gasteiger partial charge in [-0.25, -0.2) is 4.98 Å². The number of imidazole rings is 1. The number of hydrogen-bond acceptors (Lipinski definition) is 5. The van der Waals surface area contributed by atoms with Crippen molar-refractivity contribution in [2.24, 2.45) is 0 Å². The van der Waals surface area contributed by atoms with Crippen LogP contribution >= 0.6 is 0 Å². The van der Waals surface area contributed by atoms with Crippen LogP contribution < -0.4 is 20.1 Å². The number of fused-ring (bicyclic) bond motifs is 1. The van der Waals surface area contributed by atoms with Gasteiger partial charge in [-0.3, -0.25) is 4.79 Å². The maximum Gasteiger partial charge on any atom is 0.262 e. The number of H-pyrrole nitrogens is 1. The smallest absolute Gasteiger partial charge is 0.262 e. The summed E-state index contributed by atoms with van der Waals surface area (Å²) in [7, 11) is 0. The SMILES string of the molecule is CCOc1cc(CNCCCc2nc3ccccc3[nH]2)ccc1OCC(=O)Nc1ccc(C)cc1. The first-order chi connectivity index (χ1) is 17.1. The summed E-state index contributed by atoms with van der Waals surface area (Å²) >= 11 is 0. The van der Waals surface area contributed by atoms with Crippen LogP contribution in [0.1, 0.15) is 30.3 Å². The first-order valence-electron chi connectivity index (χ1n) is 12.0. The standard InChI is InChI=1S/C28H32N4O3/c1-3-34-26-17-21(18-29-16-6-9-27-31-23-7-4-5-8-24(23)32-27)12-15-25(26)35-19-28(33)30-22-13-10-20(2)11-14-22/h4-5,7-8,10-15,17,29H,3,6,9,16,18-19H2,1-2H3,(H,30,33)(H,31,32). The van der Waals surface area contributed by atoms with Crippen LogP contribution in [0.25, 0.3) is 11.0 Å². The minimum Gasteiger partial charge on any atom is -0.490 e. The molecule has 4 rings (SSSR count). The number of carbonyl (C=O) groups excluding carboxylic acids is 1. The van der Waals surface area contributed by atoms with Gasteiger partial charge in [-0.05, 0) is 68.8 Å². The molecule has 0 saturated heterocycles. The molecule has 0 radical (unpaired) electrons. The summed E-state index contributed by atoms with van der Waals surface area (Å²) in [6.07, 6.45) is 1.87. The van der Waals surface area contributed by atoms with E-state index in [1.165, 1.54) is 0 Å². The fourth-order valence-corrected chi connectivity index (χ4v) is 3.76. The summed E-state index contributed by atoms with van der Waals surface area (Å²) < 4.78 is 11.5. The molecule has 0 saturated carbocycles. The molecule has 0 unspecified atom stereocenters. The van der Waals surface area contributed by atoms with Gasteiger partial charge in [0.25, 0.3) is 5.91 Å². The zero-order valence-electron chi connectivity index (χ0n) is 20.3. The van der Waals surface area contributed by atoms with E-state index in [1.807, 2.05) is 80.6 Å². The lowest BCUT2D eigenvalue weighted by atomic mass is 10.2. The largest absolute Gasteiger partial charge is 0.490 e. The van der Waals surface area contributed by atoms with Crippen LogP contribution in [0.5, 0.6) is 11.5 Å². The maximum atomic E-state index is 12.3. The summed E-state index contributed by atoms with van der Waals surface area (Å²) in [5, 5.41) is 6.31. The Kier molecular flexibility index (Phi) is 8.35. The van der Waals surface area contributed by atoms with E-state index in [4.69, 9.17) is 9.47 Å². The van der Waals surface area contributed by atoms with Crippen LogP contribution in [0.15, 0.2) is 66.7 Å². The number of aromatic amines is 1. The minimum atomic E-state index is -0.216. The molecule has 7 heteroatoms. The highest BCUT2D eigenvalue weighted by Crippen LogP contribution is 2.28. The van der Waals surface area contributed by atoms with Crippen molar-refractivity contribution in [3.05, 3.63) is 83.7 Å². The molecular formula is C28H32N4O3. The Bertz CT molecular complexity index is 1220. The van der Waals surface area contributed by atoms with Crippen molar-refractivity contribution < 1.29 is 14.3 Å². The number of aromatic nitrogens is 2. The van der Waals surface area contributed by atoms with Gasteiger partial charge < -0.3 is 25.1 Å². The highest BCUT2D eigenvalue weighted by molar-refractivity contribution is 5.91. The van der Waals surface area contributed by atoms with E-state index < -0.39 is 0 Å². The monoisotopic (exact) mass is 472 g/mol. The number of para-hydroxylation sites is 2. The topological polar surface area (TPSA) is 88.3 Å². The van der Waals surface area contributed by atoms with Gasteiger partial charge in [0.15, 0.2) is 18.1 Å². The second-order valence-corrected chi connectivity index (χ2v) is 8.40. The van der Waals surface area contributed by atoms with Crippen molar-refractivity contribution in [2.75, 3.05) is 25.1 Å². The average Bonchev–Trinajstić information content (AvgIpc) is 3.28. The Balaban J connectivity index is 1.23. The van der Waals surface area contributed by atoms with E-state index in [0.717, 1.165) is 53.1 Å². The zero-order chi connectivity index (χ0) is 24.5. The number of amides is 1. The van der Waals surface area contributed by atoms with Crippen LogP contribution in [0.2, 0.25) is 0 Å². The third kappa shape index (κ3) is 7.07. The second kappa shape index (κ2) is 12.0. The number of aryl methyl sites for hydroxylation is 2. The van der Waals surface area contributed by atoms with Gasteiger partial charge in [-0.1, -0.05) is 35.9 Å². The number of benzene rings is 3. The number of nitrogens with one attached hydrogen (secondary N) is 3. The van der Waals surface area contributed by atoms with E-state index in [2.05, 4.69) is 20.6 Å². The molecule has 0 atom stereocenters. The van der Waals surface area contributed by atoms with Crippen molar-refractivity contribution >= 4 is 22.6 Å². The van der Waals surface area contributed by atoms with Crippen LogP contribution in [0.3, 0.4) is 0 Å². The molecule has 0 aliphatic carbocycles. The Labute approximate surface area is 205 Å². The van der Waals surface area contributed by atoms with Crippen molar-refractivity contribution in [1.82, 2.24) is 15.3 Å². The molecule has 4 aromatic rings. The fourth-order valence-electron chi connectivity index (χ4n) is 3.76. The fraction of sp³-hybridized carbons (Fsp3) is 0.286. The number of ether oxygens (including phenoxy) is 2. The van der Waals surface area contributed by atoms with Gasteiger partial charge in [0, 0.05) is 18.7 Å². The lowest BCUT2D eigenvalue weighted by Gasteiger charge is -2.14. The van der Waals surface area contributed by atoms with E-state index in [0.29, 0.717) is 24.7 Å². The van der Waals surface area contributed by atoms with E-state index >= 15 is 0 Å². The Morgan fingerprint density at radius 1 is 1.00 bits per heavy atom. The van der Waals surface area contributed by atoms with Crippen LogP contribution in [0.4, 0.5) is 5.69 Å². The molecule has 1 aromatic heterocycles. The number of anilines is 1. The Morgan fingerprint density at radius 3 is 2.63 bits per heavy atom. The molecule has 1 amide bonds. The third-order valence-electron chi connectivity index (χ3n) is 5.54. The van der Waals surface area contributed by atoms with Gasteiger partial charge in [-0.15, -0.1) is 0 Å². The van der Waals surface area contributed by atoms with E-state index in [9.17, 15) is 4.79 Å². The molecule has 3 N–H and O–H groups in total. The van der Waals surface area contributed by atoms with E-state index in [-0.39, 0.29) is 12.5 Å². The highest BCUT2D eigenvalue weighted by Gasteiger charge is 2.10. The lowest BCUT2D eigenvalue weighted by molar-refractivity contribution is -0.118. The number of rotatable bonds is 12. The van der Waals surface area contributed by atoms with Crippen molar-refractivity contribution in [3.8, 4) is 11.5 Å². The summed E-state index contributed by atoms with van der Waals surface area (Å²) in [4.78, 5) is 20.3. The number of carbonyl (C=O) groups is 1. The molecule has 35 heavy (non-hydrogen) atoms. The Hall–Kier alpha value is -3.84. The van der Waals surface area contributed by atoms with Crippen molar-refractivity contribution in [3.63, 3.8) is 0 Å². The first-order valence-corrected chi connectivity index (χ1v) is 12.0. The molecule has 1 heterocycles. The molecule has 0 bridgehead atoms. The van der Waals surface area contributed by atoms with Gasteiger partial charge in [-0.2, -0.15) is 0 Å². The summed E-state index contributed by atoms with van der Waals surface area (Å²) in [5.41, 5.74) is 5.06. The quantitative estimate of drug-likeness (QED) is 0.252. The van der Waals surface area contributed by atoms with Gasteiger partial charge in [0.05, 0.1) is 17.6 Å². The normalized spacial score (nSPS) is 10.9. The summed E-state index contributed by atoms with van der Waals surface area (Å²) in [5.74, 6) is 1.99. The van der Waals surface area contributed by atoms with Crippen molar-refractivity contribution in [2.45, 2.75) is 33.2 Å². The van der Waals surface area contributed by atoms with Gasteiger partial charge >= 0.3 is 0 Å². The van der Waals surface area contributed by atoms with Crippen LogP contribution in [-0.4, -0.2) is 35.6 Å². The zero-order valence-corrected chi connectivity index (χ0v) is 20.3. The van der Waals surface area contributed by atoms with Gasteiger partial charge in [0.2, 0.25) is 0 Å². The number of nitrogens with zero attached hydrogens (tertiary/aromatic N) is 1. The molecule has 3 aromatic carbocycles. The van der Waals surface area contributed by atoms with Crippen LogP contribution in [0, 0.1) is 6.92 Å². The molecule has 0 spiro atoms. The third-order valence-corrected chi connectivity index (χ3v) is 5.54. The average molecular weight is 473 g/mol. The molecular weight excluding hydrogens is 440 g/mol. The Morgan fingerprint density at radius 2 is 1.83 bits per heavy atom. The van der Waals surface area contributed by atoms with Crippen molar-refractivity contribution in [1.29, 1.82) is 0 Å². The predicted molar refractivity (Wildman–Crippen MR) is 139 cm³/mol. The maximum absolute atomic E-state index is 12.3.